The fraction of sp³-hybridized carbons (Fsp3) is 0.923. The molecule has 9 nitrogen and oxygen atoms in total. The van der Waals surface area contributed by atoms with Gasteiger partial charge in [0.15, 0.2) is 6.10 Å². The van der Waals surface area contributed by atoms with Gasteiger partial charge in [0.05, 0.1) is 19.7 Å². The van der Waals surface area contributed by atoms with Gasteiger partial charge in [-0.2, -0.15) is 4.65 Å². The third kappa shape index (κ3) is 6.13. The topological polar surface area (TPSA) is 150 Å². The minimum atomic E-state index is -1.98. The van der Waals surface area contributed by atoms with Crippen LogP contribution in [0.25, 0.3) is 0 Å². The van der Waals surface area contributed by atoms with Crippen molar-refractivity contribution in [1.82, 2.24) is 5.32 Å². The summed E-state index contributed by atoms with van der Waals surface area (Å²) in [6, 6.07) is -0.608. The molecule has 7 N–H and O–H groups in total. The molecule has 22 heavy (non-hydrogen) atoms. The largest absolute Gasteiger partial charge is 0.394 e. The summed E-state index contributed by atoms with van der Waals surface area (Å²) in [6.45, 7) is 4.58. The SMILES string of the molecule is CC(C[N+](C)(O)C(C)C)NC(=O)[C@H](O)[C@@H](O)[C@H](O)[C@H](O)CO. The van der Waals surface area contributed by atoms with Crippen LogP contribution in [-0.2, 0) is 4.79 Å². The summed E-state index contributed by atoms with van der Waals surface area (Å²) in [5.41, 5.74) is 0. The summed E-state index contributed by atoms with van der Waals surface area (Å²) in [6.07, 6.45) is -7.46. The molecule has 0 rings (SSSR count). The van der Waals surface area contributed by atoms with Crippen LogP contribution in [0.4, 0.5) is 0 Å². The normalized spacial score (nSPS) is 21.6. The maximum Gasteiger partial charge on any atom is 0.252 e. The average molecular weight is 325 g/mol. The van der Waals surface area contributed by atoms with E-state index in [1.165, 1.54) is 0 Å². The number of nitrogens with zero attached hydrogens (tertiary/aromatic N) is 1. The number of hydrogen-bond donors (Lipinski definition) is 7. The Labute approximate surface area is 130 Å². The molecule has 0 aliphatic heterocycles. The van der Waals surface area contributed by atoms with Crippen molar-refractivity contribution in [3.8, 4) is 0 Å². The van der Waals surface area contributed by atoms with Gasteiger partial charge in [0.25, 0.3) is 5.91 Å². The molecule has 0 heterocycles. The second-order valence-corrected chi connectivity index (χ2v) is 6.08. The van der Waals surface area contributed by atoms with Crippen LogP contribution in [-0.4, -0.2) is 98.0 Å². The van der Waals surface area contributed by atoms with Gasteiger partial charge >= 0.3 is 0 Å². The van der Waals surface area contributed by atoms with E-state index < -0.39 is 43.0 Å². The second-order valence-electron chi connectivity index (χ2n) is 6.08. The molecule has 0 bridgehead atoms. The Balaban J connectivity index is 4.59. The number of carbonyl (C=O) groups is 1. The number of rotatable bonds is 9. The summed E-state index contributed by atoms with van der Waals surface area (Å²) >= 11 is 0. The molecule has 0 aromatic rings. The zero-order chi connectivity index (χ0) is 17.7. The molecule has 0 aromatic heterocycles. The zero-order valence-corrected chi connectivity index (χ0v) is 13.4. The first kappa shape index (κ1) is 21.2. The minimum Gasteiger partial charge on any atom is -0.394 e. The first-order valence-electron chi connectivity index (χ1n) is 7.15. The van der Waals surface area contributed by atoms with Gasteiger partial charge in [-0.05, 0) is 20.8 Å². The monoisotopic (exact) mass is 325 g/mol. The molecule has 0 saturated carbocycles. The number of aliphatic hydroxyl groups excluding tert-OH is 5. The fourth-order valence-electron chi connectivity index (χ4n) is 1.82. The quantitative estimate of drug-likeness (QED) is 0.178. The van der Waals surface area contributed by atoms with Crippen LogP contribution in [0, 0.1) is 0 Å². The molecule has 0 saturated heterocycles. The summed E-state index contributed by atoms with van der Waals surface area (Å²) in [4.78, 5) is 11.8. The van der Waals surface area contributed by atoms with E-state index in [1.54, 1.807) is 27.8 Å². The van der Waals surface area contributed by atoms with Crippen molar-refractivity contribution in [2.45, 2.75) is 57.3 Å². The van der Waals surface area contributed by atoms with Crippen LogP contribution in [0.15, 0.2) is 0 Å². The van der Waals surface area contributed by atoms with Gasteiger partial charge in [0.1, 0.15) is 30.9 Å². The highest BCUT2D eigenvalue weighted by Crippen LogP contribution is 2.08. The number of likely N-dealkylation sites (N-methyl/N-ethyl adjacent to an activating group) is 1. The summed E-state index contributed by atoms with van der Waals surface area (Å²) in [5.74, 6) is -0.951. The number of carbonyl (C=O) groups excluding carboxylic acids is 1. The van der Waals surface area contributed by atoms with Crippen LogP contribution >= 0.6 is 0 Å². The molecule has 132 valence electrons. The van der Waals surface area contributed by atoms with Gasteiger partial charge in [-0.15, -0.1) is 0 Å². The van der Waals surface area contributed by atoms with Gasteiger partial charge in [-0.3, -0.25) is 4.79 Å². The van der Waals surface area contributed by atoms with Crippen LogP contribution in [0.3, 0.4) is 0 Å². The van der Waals surface area contributed by atoms with Crippen LogP contribution in [0.1, 0.15) is 20.8 Å². The van der Waals surface area contributed by atoms with E-state index in [9.17, 15) is 30.4 Å². The van der Waals surface area contributed by atoms with Crippen LogP contribution in [0.5, 0.6) is 0 Å². The molecular weight excluding hydrogens is 296 g/mol. The number of quaternary nitrogens is 1. The zero-order valence-electron chi connectivity index (χ0n) is 13.4. The Kier molecular flexibility index (Phi) is 8.40. The smallest absolute Gasteiger partial charge is 0.252 e. The van der Waals surface area contributed by atoms with Crippen molar-refractivity contribution in [3.05, 3.63) is 0 Å². The lowest BCUT2D eigenvalue weighted by molar-refractivity contribution is -1.10. The first-order valence-corrected chi connectivity index (χ1v) is 7.15. The number of nitrogens with one attached hydrogen (secondary N) is 1. The third-order valence-electron chi connectivity index (χ3n) is 3.67. The molecule has 0 aromatic carbocycles. The van der Waals surface area contributed by atoms with E-state index in [1.807, 2.05) is 0 Å². The highest BCUT2D eigenvalue weighted by Gasteiger charge is 2.35. The van der Waals surface area contributed by atoms with Gasteiger partial charge in [0, 0.05) is 0 Å². The summed E-state index contributed by atoms with van der Waals surface area (Å²) < 4.78 is -0.341. The van der Waals surface area contributed by atoms with E-state index >= 15 is 0 Å². The summed E-state index contributed by atoms with van der Waals surface area (Å²) in [5, 5.41) is 59.1. The Hall–Kier alpha value is -0.810. The first-order chi connectivity index (χ1) is 9.93. The van der Waals surface area contributed by atoms with Crippen molar-refractivity contribution < 1.29 is 40.2 Å². The molecule has 2 unspecified atom stereocenters. The average Bonchev–Trinajstić information content (AvgIpc) is 2.42. The Morgan fingerprint density at radius 2 is 1.59 bits per heavy atom. The number of hydroxylamine groups is 3. The number of hydrogen-bond acceptors (Lipinski definition) is 7. The lowest BCUT2D eigenvalue weighted by atomic mass is 10.0. The highest BCUT2D eigenvalue weighted by atomic mass is 16.5. The molecule has 6 atom stereocenters. The van der Waals surface area contributed by atoms with E-state index in [4.69, 9.17) is 5.11 Å². The van der Waals surface area contributed by atoms with Crippen LogP contribution in [0.2, 0.25) is 0 Å². The Morgan fingerprint density at radius 1 is 1.09 bits per heavy atom. The maximum absolute atomic E-state index is 11.8. The molecule has 0 radical (unpaired) electrons. The minimum absolute atomic E-state index is 0.101. The molecule has 1 amide bonds. The molecule has 9 heteroatoms. The Bertz CT molecular complexity index is 351. The molecule has 0 spiro atoms. The van der Waals surface area contributed by atoms with Gasteiger partial charge in [0.2, 0.25) is 0 Å². The highest BCUT2D eigenvalue weighted by molar-refractivity contribution is 5.81. The van der Waals surface area contributed by atoms with E-state index in [0.29, 0.717) is 0 Å². The van der Waals surface area contributed by atoms with Gasteiger partial charge in [-0.1, -0.05) is 0 Å². The van der Waals surface area contributed by atoms with E-state index in [2.05, 4.69) is 5.32 Å². The van der Waals surface area contributed by atoms with Crippen molar-refractivity contribution in [2.75, 3.05) is 20.2 Å². The molecule has 0 aliphatic carbocycles. The lowest BCUT2D eigenvalue weighted by Crippen LogP contribution is -2.57. The molecule has 0 aliphatic rings. The number of amides is 1. The van der Waals surface area contributed by atoms with E-state index in [-0.39, 0.29) is 17.2 Å². The van der Waals surface area contributed by atoms with Crippen molar-refractivity contribution in [1.29, 1.82) is 0 Å². The summed E-state index contributed by atoms with van der Waals surface area (Å²) in [7, 11) is 1.57. The molecular formula is C13H29N2O7+. The third-order valence-corrected chi connectivity index (χ3v) is 3.67. The van der Waals surface area contributed by atoms with E-state index in [0.717, 1.165) is 0 Å². The Morgan fingerprint density at radius 3 is 2.00 bits per heavy atom. The predicted molar refractivity (Wildman–Crippen MR) is 76.7 cm³/mol. The second kappa shape index (κ2) is 8.73. The van der Waals surface area contributed by atoms with Crippen molar-refractivity contribution >= 4 is 5.91 Å². The fourth-order valence-corrected chi connectivity index (χ4v) is 1.82. The van der Waals surface area contributed by atoms with Crippen molar-refractivity contribution in [3.63, 3.8) is 0 Å². The maximum atomic E-state index is 11.8. The van der Waals surface area contributed by atoms with Gasteiger partial charge in [-0.25, -0.2) is 5.21 Å². The van der Waals surface area contributed by atoms with Crippen LogP contribution < -0.4 is 5.32 Å². The van der Waals surface area contributed by atoms with Gasteiger partial charge < -0.3 is 30.8 Å². The van der Waals surface area contributed by atoms with Crippen molar-refractivity contribution in [2.24, 2.45) is 0 Å². The number of aliphatic hydroxyl groups is 5. The lowest BCUT2D eigenvalue weighted by Gasteiger charge is -2.32. The molecule has 0 fully saturated rings. The predicted octanol–water partition coefficient (Wildman–Crippen LogP) is -2.83. The standard InChI is InChI=1S/C13H28N2O7/c1-7(2)15(4,22)5-8(3)14-13(21)12(20)11(19)10(18)9(17)6-16/h7-12,16-20,22H,5-6H2,1-4H3/p+1/t8?,9-,10-,11+,12-,15?/m1/s1.